The van der Waals surface area contributed by atoms with E-state index in [1.165, 1.54) is 0 Å². The average molecular weight is 383 g/mol. The maximum absolute atomic E-state index is 11.2. The van der Waals surface area contributed by atoms with Gasteiger partial charge in [-0.3, -0.25) is 0 Å². The molecule has 1 unspecified atom stereocenters. The van der Waals surface area contributed by atoms with Crippen molar-refractivity contribution in [2.75, 3.05) is 39.5 Å². The van der Waals surface area contributed by atoms with Crippen LogP contribution in [0.5, 0.6) is 0 Å². The second-order valence-electron chi connectivity index (χ2n) is 5.32. The van der Waals surface area contributed by atoms with Crippen LogP contribution in [0.25, 0.3) is 0 Å². The van der Waals surface area contributed by atoms with E-state index in [9.17, 15) is 9.90 Å². The van der Waals surface area contributed by atoms with Crippen LogP contribution in [0.1, 0.15) is 34.1 Å². The first kappa shape index (κ1) is 23.7. The number of aliphatic hydroxyl groups is 1. The first-order valence-electron chi connectivity index (χ1n) is 8.54. The SMILES string of the molecule is C=C(C)C(=O)OCC(O)CNCC[CH2][Ti]([O]CC)([O]CC)[O]CC. The second kappa shape index (κ2) is 14.0. The summed E-state index contributed by atoms with van der Waals surface area (Å²) in [6.07, 6.45) is 0.0865. The minimum absolute atomic E-state index is 0.0444. The van der Waals surface area contributed by atoms with Crippen molar-refractivity contribution in [3.63, 3.8) is 0 Å². The molecule has 24 heavy (non-hydrogen) atoms. The van der Waals surface area contributed by atoms with Crippen molar-refractivity contribution in [3.8, 4) is 0 Å². The Morgan fingerprint density at radius 3 is 2.17 bits per heavy atom. The molecule has 0 aliphatic heterocycles. The van der Waals surface area contributed by atoms with Crippen LogP contribution in [0, 0.1) is 0 Å². The molecule has 0 fully saturated rings. The Morgan fingerprint density at radius 2 is 1.71 bits per heavy atom. The number of hydrogen-bond donors (Lipinski definition) is 2. The number of aliphatic hydroxyl groups excluding tert-OH is 1. The average Bonchev–Trinajstić information content (AvgIpc) is 2.52. The van der Waals surface area contributed by atoms with E-state index in [0.717, 1.165) is 11.1 Å². The van der Waals surface area contributed by atoms with Crippen LogP contribution < -0.4 is 5.32 Å². The van der Waals surface area contributed by atoms with Crippen LogP contribution in [-0.2, 0) is 37.2 Å². The van der Waals surface area contributed by atoms with Gasteiger partial charge in [0.05, 0.1) is 0 Å². The van der Waals surface area contributed by atoms with Gasteiger partial charge in [0.1, 0.15) is 0 Å². The summed E-state index contributed by atoms with van der Waals surface area (Å²) in [6, 6.07) is 0. The zero-order valence-electron chi connectivity index (χ0n) is 15.4. The summed E-state index contributed by atoms with van der Waals surface area (Å²) in [5.41, 5.74) is 0.320. The van der Waals surface area contributed by atoms with Gasteiger partial charge in [-0.2, -0.15) is 0 Å². The van der Waals surface area contributed by atoms with Crippen LogP contribution in [0.3, 0.4) is 0 Å². The van der Waals surface area contributed by atoms with Gasteiger partial charge in [0, 0.05) is 0 Å². The Morgan fingerprint density at radius 1 is 1.17 bits per heavy atom. The van der Waals surface area contributed by atoms with Gasteiger partial charge in [-0.25, -0.2) is 0 Å². The summed E-state index contributed by atoms with van der Waals surface area (Å²) in [4.78, 5) is 11.2. The fourth-order valence-corrected chi connectivity index (χ4v) is 6.13. The molecule has 0 saturated heterocycles. The number of ether oxygens (including phenoxy) is 1. The fourth-order valence-electron chi connectivity index (χ4n) is 2.05. The van der Waals surface area contributed by atoms with Crippen molar-refractivity contribution in [2.45, 2.75) is 44.9 Å². The summed E-state index contributed by atoms with van der Waals surface area (Å²) in [5.74, 6) is -0.489. The standard InChI is InChI=1S/C10H18NO3.3C2H5O.Ti/c1-4-5-11-6-9(12)7-14-10(13)8(2)3;3*1-2-3;/h9,11-12H,1-2,4-7H2,3H3;3*2H2,1H3;/q;3*-1;+3. The van der Waals surface area contributed by atoms with E-state index in [1.807, 2.05) is 20.8 Å². The third-order valence-electron chi connectivity index (χ3n) is 3.06. The summed E-state index contributed by atoms with van der Waals surface area (Å²) >= 11 is -3.15. The molecule has 1 atom stereocenters. The van der Waals surface area contributed by atoms with E-state index in [-0.39, 0.29) is 6.61 Å². The van der Waals surface area contributed by atoms with Crippen molar-refractivity contribution in [3.05, 3.63) is 12.2 Å². The molecule has 0 aromatic carbocycles. The molecule has 0 amide bonds. The van der Waals surface area contributed by atoms with Crippen molar-refractivity contribution in [2.24, 2.45) is 0 Å². The Balaban J connectivity index is 4.03. The molecule has 0 aromatic rings. The molecule has 0 radical (unpaired) electrons. The van der Waals surface area contributed by atoms with Gasteiger partial charge < -0.3 is 0 Å². The van der Waals surface area contributed by atoms with E-state index >= 15 is 0 Å². The molecular formula is C16H33NO6Ti. The fraction of sp³-hybridized carbons (Fsp3) is 0.812. The first-order chi connectivity index (χ1) is 11.4. The molecule has 7 nitrogen and oxygen atoms in total. The molecule has 0 aromatic heterocycles. The zero-order chi connectivity index (χ0) is 18.4. The number of carbonyl (C=O) groups is 1. The summed E-state index contributed by atoms with van der Waals surface area (Å²) in [7, 11) is 0. The number of carbonyl (C=O) groups excluding carboxylic acids is 1. The van der Waals surface area contributed by atoms with Crippen molar-refractivity contribution in [1.82, 2.24) is 5.32 Å². The van der Waals surface area contributed by atoms with Crippen LogP contribution in [0.4, 0.5) is 0 Å². The number of rotatable bonds is 15. The van der Waals surface area contributed by atoms with Gasteiger partial charge in [0.2, 0.25) is 0 Å². The van der Waals surface area contributed by atoms with Gasteiger partial charge in [-0.1, -0.05) is 0 Å². The molecule has 0 saturated carbocycles. The maximum atomic E-state index is 11.2. The topological polar surface area (TPSA) is 86.3 Å². The van der Waals surface area contributed by atoms with Crippen LogP contribution in [0.15, 0.2) is 12.2 Å². The first-order valence-corrected chi connectivity index (χ1v) is 11.6. The quantitative estimate of drug-likeness (QED) is 0.193. The Kier molecular flexibility index (Phi) is 13.8. The third kappa shape index (κ3) is 10.6. The molecular weight excluding hydrogens is 350 g/mol. The molecule has 0 bridgehead atoms. The third-order valence-corrected chi connectivity index (χ3v) is 7.99. The summed E-state index contributed by atoms with van der Waals surface area (Å²) in [6.45, 7) is 13.6. The summed E-state index contributed by atoms with van der Waals surface area (Å²) in [5, 5.41) is 12.9. The molecule has 142 valence electrons. The van der Waals surface area contributed by atoms with Gasteiger partial charge in [0.25, 0.3) is 0 Å². The van der Waals surface area contributed by atoms with E-state index in [4.69, 9.17) is 14.7 Å². The molecule has 2 N–H and O–H groups in total. The number of esters is 1. The van der Waals surface area contributed by atoms with Crippen molar-refractivity contribution >= 4 is 5.97 Å². The zero-order valence-corrected chi connectivity index (χ0v) is 17.0. The van der Waals surface area contributed by atoms with Gasteiger partial charge >= 0.3 is 150 Å². The van der Waals surface area contributed by atoms with E-state index < -0.39 is 29.8 Å². The predicted molar refractivity (Wildman–Crippen MR) is 89.0 cm³/mol. The van der Waals surface area contributed by atoms with Gasteiger partial charge in [-0.15, -0.1) is 0 Å². The summed E-state index contributed by atoms with van der Waals surface area (Å²) < 4.78 is 23.1. The monoisotopic (exact) mass is 383 g/mol. The van der Waals surface area contributed by atoms with Crippen LogP contribution in [-0.4, -0.2) is 56.7 Å². The Bertz CT molecular complexity index is 349. The van der Waals surface area contributed by atoms with Crippen LogP contribution >= 0.6 is 0 Å². The minimum atomic E-state index is -3.15. The molecule has 0 heterocycles. The predicted octanol–water partition coefficient (Wildman–Crippen LogP) is 1.87. The van der Waals surface area contributed by atoms with Crippen molar-refractivity contribution < 1.29 is 42.3 Å². The number of hydrogen-bond acceptors (Lipinski definition) is 7. The Hall–Kier alpha value is -0.276. The Labute approximate surface area is 150 Å². The number of nitrogens with one attached hydrogen (secondary N) is 1. The molecule has 0 aliphatic rings. The molecule has 0 spiro atoms. The van der Waals surface area contributed by atoms with Crippen molar-refractivity contribution in [1.29, 1.82) is 0 Å². The second-order valence-corrected chi connectivity index (χ2v) is 9.59. The van der Waals surface area contributed by atoms with E-state index in [2.05, 4.69) is 11.9 Å². The van der Waals surface area contributed by atoms with Gasteiger partial charge in [-0.05, 0) is 0 Å². The molecule has 0 rings (SSSR count). The van der Waals surface area contributed by atoms with E-state index in [1.54, 1.807) is 6.92 Å². The van der Waals surface area contributed by atoms with E-state index in [0.29, 0.717) is 38.5 Å². The normalized spacial score (nSPS) is 12.9. The molecule has 8 heteroatoms. The molecule has 0 aliphatic carbocycles. The van der Waals surface area contributed by atoms with Crippen LogP contribution in [0.2, 0.25) is 4.73 Å². The van der Waals surface area contributed by atoms with Gasteiger partial charge in [0.15, 0.2) is 0 Å².